The van der Waals surface area contributed by atoms with Crippen molar-refractivity contribution in [1.29, 1.82) is 0 Å². The predicted octanol–water partition coefficient (Wildman–Crippen LogP) is 7.13. The summed E-state index contributed by atoms with van der Waals surface area (Å²) >= 11 is 0. The quantitative estimate of drug-likeness (QED) is 0.294. The minimum absolute atomic E-state index is 0.811. The van der Waals surface area contributed by atoms with Gasteiger partial charge in [-0.25, -0.2) is 0 Å². The molecule has 0 aromatic heterocycles. The topological polar surface area (TPSA) is 21.6 Å². The monoisotopic (exact) mass is 351 g/mol. The lowest BCUT2D eigenvalue weighted by molar-refractivity contribution is 0.304. The predicted molar refractivity (Wildman–Crippen MR) is 113 cm³/mol. The van der Waals surface area contributed by atoms with Crippen molar-refractivity contribution in [3.05, 3.63) is 59.7 Å². The first kappa shape index (κ1) is 20.2. The van der Waals surface area contributed by atoms with Crippen LogP contribution < -0.4 is 4.74 Å². The Bertz CT molecular complexity index is 628. The zero-order chi connectivity index (χ0) is 18.5. The fraction of sp³-hybridized carbons (Fsp3) is 0.458. The van der Waals surface area contributed by atoms with E-state index >= 15 is 0 Å². The summed E-state index contributed by atoms with van der Waals surface area (Å²) in [6, 6.07) is 16.6. The molecule has 2 aromatic rings. The Morgan fingerprint density at radius 2 is 1.42 bits per heavy atom. The fourth-order valence-corrected chi connectivity index (χ4v) is 2.87. The van der Waals surface area contributed by atoms with Crippen molar-refractivity contribution in [2.24, 2.45) is 4.99 Å². The van der Waals surface area contributed by atoms with Crippen LogP contribution in [0.15, 0.2) is 53.5 Å². The zero-order valence-corrected chi connectivity index (χ0v) is 16.4. The Morgan fingerprint density at radius 1 is 0.769 bits per heavy atom. The lowest BCUT2D eigenvalue weighted by atomic mass is 10.1. The number of hydrogen-bond donors (Lipinski definition) is 0. The Balaban J connectivity index is 1.68. The molecule has 0 heterocycles. The highest BCUT2D eigenvalue weighted by Crippen LogP contribution is 2.16. The van der Waals surface area contributed by atoms with Crippen molar-refractivity contribution in [3.63, 3.8) is 0 Å². The third-order valence-electron chi connectivity index (χ3n) is 4.60. The lowest BCUT2D eigenvalue weighted by Gasteiger charge is -2.06. The Morgan fingerprint density at radius 3 is 2.08 bits per heavy atom. The average molecular weight is 352 g/mol. The van der Waals surface area contributed by atoms with Gasteiger partial charge in [0.25, 0.3) is 0 Å². The first-order valence-electron chi connectivity index (χ1n) is 10.2. The van der Waals surface area contributed by atoms with Crippen molar-refractivity contribution < 1.29 is 4.74 Å². The van der Waals surface area contributed by atoms with E-state index in [1.165, 1.54) is 44.1 Å². The summed E-state index contributed by atoms with van der Waals surface area (Å²) in [4.78, 5) is 4.53. The molecule has 0 spiro atoms. The van der Waals surface area contributed by atoms with Gasteiger partial charge in [-0.2, -0.15) is 0 Å². The first-order chi connectivity index (χ1) is 12.8. The molecule has 140 valence electrons. The molecular weight excluding hydrogens is 318 g/mol. The number of aliphatic imine (C=N–C) groups is 1. The molecule has 0 amide bonds. The summed E-state index contributed by atoms with van der Waals surface area (Å²) in [6.45, 7) is 5.23. The van der Waals surface area contributed by atoms with Crippen LogP contribution in [0.3, 0.4) is 0 Å². The highest BCUT2D eigenvalue weighted by Gasteiger charge is 1.96. The van der Waals surface area contributed by atoms with E-state index in [9.17, 15) is 0 Å². The van der Waals surface area contributed by atoms with Crippen LogP contribution in [0.1, 0.15) is 69.9 Å². The summed E-state index contributed by atoms with van der Waals surface area (Å²) in [6.07, 6.45) is 12.1. The normalized spacial score (nSPS) is 11.2. The second-order valence-corrected chi connectivity index (χ2v) is 6.82. The standard InChI is InChI=1S/C24H33NO/c1-3-5-6-7-8-9-10-19-26-24-17-13-22(14-18-24)20-25-23-15-11-21(4-2)12-16-23/h11-18,20H,3-10,19H2,1-2H3. The van der Waals surface area contributed by atoms with E-state index in [2.05, 4.69) is 55.2 Å². The molecule has 0 saturated heterocycles. The Kier molecular flexibility index (Phi) is 9.56. The van der Waals surface area contributed by atoms with E-state index in [0.29, 0.717) is 0 Å². The Labute approximate surface area is 159 Å². The number of benzene rings is 2. The maximum Gasteiger partial charge on any atom is 0.119 e. The molecule has 0 aliphatic carbocycles. The van der Waals surface area contributed by atoms with Crippen LogP contribution in [0.5, 0.6) is 5.75 Å². The molecule has 2 heteroatoms. The number of unbranched alkanes of at least 4 members (excludes halogenated alkanes) is 6. The van der Waals surface area contributed by atoms with Gasteiger partial charge in [0.15, 0.2) is 0 Å². The van der Waals surface area contributed by atoms with Crippen LogP contribution in [-0.2, 0) is 6.42 Å². The van der Waals surface area contributed by atoms with Crippen molar-refractivity contribution in [3.8, 4) is 5.75 Å². The van der Waals surface area contributed by atoms with E-state index in [0.717, 1.165) is 36.4 Å². The van der Waals surface area contributed by atoms with Crippen LogP contribution >= 0.6 is 0 Å². The molecule has 0 saturated carbocycles. The van der Waals surface area contributed by atoms with Crippen LogP contribution in [0.25, 0.3) is 0 Å². The lowest BCUT2D eigenvalue weighted by Crippen LogP contribution is -1.97. The number of aryl methyl sites for hydroxylation is 1. The molecule has 0 atom stereocenters. The van der Waals surface area contributed by atoms with Crippen LogP contribution in [0.4, 0.5) is 5.69 Å². The largest absolute Gasteiger partial charge is 0.494 e. The highest BCUT2D eigenvalue weighted by molar-refractivity contribution is 5.82. The first-order valence-corrected chi connectivity index (χ1v) is 10.2. The second kappa shape index (κ2) is 12.3. The summed E-state index contributed by atoms with van der Waals surface area (Å²) in [5.41, 5.74) is 3.42. The molecule has 0 unspecified atom stereocenters. The molecule has 0 bridgehead atoms. The van der Waals surface area contributed by atoms with Crippen molar-refractivity contribution in [1.82, 2.24) is 0 Å². The minimum Gasteiger partial charge on any atom is -0.494 e. The smallest absolute Gasteiger partial charge is 0.119 e. The Hall–Kier alpha value is -2.09. The van der Waals surface area contributed by atoms with Crippen LogP contribution in [0.2, 0.25) is 0 Å². The van der Waals surface area contributed by atoms with Gasteiger partial charge in [0.1, 0.15) is 5.75 Å². The summed E-state index contributed by atoms with van der Waals surface area (Å²) < 4.78 is 5.83. The van der Waals surface area contributed by atoms with Crippen molar-refractivity contribution >= 4 is 11.9 Å². The number of hydrogen-bond acceptors (Lipinski definition) is 2. The second-order valence-electron chi connectivity index (χ2n) is 6.82. The van der Waals surface area contributed by atoms with E-state index < -0.39 is 0 Å². The molecule has 2 rings (SSSR count). The van der Waals surface area contributed by atoms with E-state index in [4.69, 9.17) is 4.74 Å². The fourth-order valence-electron chi connectivity index (χ4n) is 2.87. The molecule has 26 heavy (non-hydrogen) atoms. The number of nitrogens with zero attached hydrogens (tertiary/aromatic N) is 1. The van der Waals surface area contributed by atoms with Gasteiger partial charge in [-0.1, -0.05) is 64.5 Å². The molecule has 0 aliphatic heterocycles. The molecule has 2 nitrogen and oxygen atoms in total. The third-order valence-corrected chi connectivity index (χ3v) is 4.60. The maximum absolute atomic E-state index is 5.83. The summed E-state index contributed by atoms with van der Waals surface area (Å²) in [7, 11) is 0. The summed E-state index contributed by atoms with van der Waals surface area (Å²) in [5, 5.41) is 0. The highest BCUT2D eigenvalue weighted by atomic mass is 16.5. The average Bonchev–Trinajstić information content (AvgIpc) is 2.69. The third kappa shape index (κ3) is 7.86. The summed E-state index contributed by atoms with van der Waals surface area (Å²) in [5.74, 6) is 0.945. The van der Waals surface area contributed by atoms with Gasteiger partial charge < -0.3 is 4.74 Å². The van der Waals surface area contributed by atoms with Crippen molar-refractivity contribution in [2.75, 3.05) is 6.61 Å². The zero-order valence-electron chi connectivity index (χ0n) is 16.4. The minimum atomic E-state index is 0.811. The van der Waals surface area contributed by atoms with Crippen LogP contribution in [-0.4, -0.2) is 12.8 Å². The van der Waals surface area contributed by atoms with E-state index in [-0.39, 0.29) is 0 Å². The molecule has 2 aromatic carbocycles. The van der Waals surface area contributed by atoms with Gasteiger partial charge in [0.05, 0.1) is 12.3 Å². The maximum atomic E-state index is 5.83. The van der Waals surface area contributed by atoms with E-state index in [1.54, 1.807) is 0 Å². The van der Waals surface area contributed by atoms with Crippen molar-refractivity contribution in [2.45, 2.75) is 65.2 Å². The van der Waals surface area contributed by atoms with Gasteiger partial charge in [0, 0.05) is 6.21 Å². The van der Waals surface area contributed by atoms with E-state index in [1.807, 2.05) is 18.3 Å². The molecule has 0 radical (unpaired) electrons. The molecule has 0 fully saturated rings. The van der Waals surface area contributed by atoms with Gasteiger partial charge >= 0.3 is 0 Å². The van der Waals surface area contributed by atoms with Gasteiger partial charge in [0.2, 0.25) is 0 Å². The molecule has 0 N–H and O–H groups in total. The number of rotatable bonds is 12. The van der Waals surface area contributed by atoms with Gasteiger partial charge in [-0.3, -0.25) is 4.99 Å². The van der Waals surface area contributed by atoms with Crippen LogP contribution in [0, 0.1) is 0 Å². The SMILES string of the molecule is CCCCCCCCCOc1ccc(C=Nc2ccc(CC)cc2)cc1. The number of ether oxygens (including phenoxy) is 1. The van der Waals surface area contributed by atoms with Gasteiger partial charge in [-0.05, 0) is 60.4 Å². The molecule has 0 aliphatic rings. The molecular formula is C24H33NO. The van der Waals surface area contributed by atoms with Gasteiger partial charge in [-0.15, -0.1) is 0 Å².